The van der Waals surface area contributed by atoms with E-state index in [0.29, 0.717) is 18.4 Å². The molecular formula is C25H31ClF2O5. The molecule has 0 amide bonds. The van der Waals surface area contributed by atoms with E-state index >= 15 is 0 Å². The summed E-state index contributed by atoms with van der Waals surface area (Å²) < 4.78 is 34.6. The normalized spacial score (nSPS) is 46.5. The molecule has 0 aromatic rings. The summed E-state index contributed by atoms with van der Waals surface area (Å²) in [6, 6.07) is 0. The Hall–Kier alpha value is -1.60. The monoisotopic (exact) mass is 484 g/mol. The number of esters is 1. The molecule has 8 atom stereocenters. The summed E-state index contributed by atoms with van der Waals surface area (Å²) in [6.45, 7) is 5.63. The van der Waals surface area contributed by atoms with Crippen LogP contribution >= 0.6 is 11.6 Å². The quantitative estimate of drug-likeness (QED) is 0.472. The SMILES string of the molecule is CCC(=O)O[C@@]1(C(=O)CF)[C@@H](C)C[C@H]2[C@@H]3CCC4=C(F)C(=O)C=C[C@]4(C)[C@@]3(Cl)[C@@H](O)C[C@@]21C. The molecule has 0 saturated heterocycles. The van der Waals surface area contributed by atoms with Crippen molar-refractivity contribution in [3.8, 4) is 0 Å². The van der Waals surface area contributed by atoms with Crippen molar-refractivity contribution in [2.45, 2.75) is 76.4 Å². The Morgan fingerprint density at radius 1 is 1.30 bits per heavy atom. The first-order valence-electron chi connectivity index (χ1n) is 11.7. The molecule has 3 fully saturated rings. The molecule has 1 N–H and O–H groups in total. The molecule has 0 aromatic carbocycles. The molecule has 3 saturated carbocycles. The van der Waals surface area contributed by atoms with Gasteiger partial charge in [-0.15, -0.1) is 11.6 Å². The van der Waals surface area contributed by atoms with Crippen molar-refractivity contribution >= 4 is 29.1 Å². The van der Waals surface area contributed by atoms with Crippen molar-refractivity contribution in [3.63, 3.8) is 0 Å². The van der Waals surface area contributed by atoms with Gasteiger partial charge in [0.2, 0.25) is 11.6 Å². The van der Waals surface area contributed by atoms with Crippen LogP contribution in [0.5, 0.6) is 0 Å². The van der Waals surface area contributed by atoms with Crippen molar-refractivity contribution in [1.82, 2.24) is 0 Å². The maximum absolute atomic E-state index is 14.9. The Kier molecular flexibility index (Phi) is 5.73. The number of allylic oxidation sites excluding steroid dienone is 4. The number of halogens is 3. The maximum atomic E-state index is 14.9. The minimum Gasteiger partial charge on any atom is -0.450 e. The van der Waals surface area contributed by atoms with Gasteiger partial charge in [-0.3, -0.25) is 14.4 Å². The van der Waals surface area contributed by atoms with Crippen molar-refractivity contribution in [1.29, 1.82) is 0 Å². The highest BCUT2D eigenvalue weighted by atomic mass is 35.5. The molecule has 0 unspecified atom stereocenters. The summed E-state index contributed by atoms with van der Waals surface area (Å²) in [5.74, 6) is -4.05. The molecule has 4 aliphatic carbocycles. The standard InChI is InChI=1S/C25H31ClF2O5/c1-5-20(32)33-25(19(31)12-27)13(2)10-16-14-6-7-15-21(28)17(29)8-9-22(15,3)24(14,26)18(30)11-23(16,25)4/h8-9,13-14,16,18,30H,5-7,10-12H2,1-4H3/t13-,14-,16-,18-,22-,23-,24-,25+/m0/s1. The lowest BCUT2D eigenvalue weighted by Gasteiger charge is -2.64. The molecule has 0 aromatic heterocycles. The van der Waals surface area contributed by atoms with Crippen LogP contribution < -0.4 is 0 Å². The van der Waals surface area contributed by atoms with Crippen LogP contribution in [0.2, 0.25) is 0 Å². The number of hydrogen-bond donors (Lipinski definition) is 1. The van der Waals surface area contributed by atoms with Gasteiger partial charge in [0.15, 0.2) is 18.1 Å². The molecule has 5 nitrogen and oxygen atoms in total. The molecular weight excluding hydrogens is 454 g/mol. The van der Waals surface area contributed by atoms with Crippen LogP contribution in [0, 0.1) is 28.6 Å². The number of ether oxygens (including phenoxy) is 1. The minimum atomic E-state index is -1.71. The third-order valence-corrected chi connectivity index (χ3v) is 10.3. The summed E-state index contributed by atoms with van der Waals surface area (Å²) >= 11 is 7.29. The third kappa shape index (κ3) is 2.81. The lowest BCUT2D eigenvalue weighted by atomic mass is 9.45. The lowest BCUT2D eigenvalue weighted by molar-refractivity contribution is -0.201. The van der Waals surface area contributed by atoms with Gasteiger partial charge in [0.1, 0.15) is 0 Å². The molecule has 0 radical (unpaired) electrons. The Morgan fingerprint density at radius 2 is 1.97 bits per heavy atom. The van der Waals surface area contributed by atoms with Crippen LogP contribution in [0.25, 0.3) is 0 Å². The van der Waals surface area contributed by atoms with E-state index in [-0.39, 0.29) is 31.1 Å². The van der Waals surface area contributed by atoms with Crippen LogP contribution in [0.15, 0.2) is 23.6 Å². The van der Waals surface area contributed by atoms with E-state index in [4.69, 9.17) is 16.3 Å². The first-order valence-corrected chi connectivity index (χ1v) is 12.0. The van der Waals surface area contributed by atoms with E-state index in [0.717, 1.165) is 0 Å². The van der Waals surface area contributed by atoms with E-state index in [1.807, 2.05) is 0 Å². The number of hydrogen-bond acceptors (Lipinski definition) is 5. The van der Waals surface area contributed by atoms with E-state index in [1.165, 1.54) is 6.08 Å². The van der Waals surface area contributed by atoms with Crippen molar-refractivity contribution < 1.29 is 33.0 Å². The van der Waals surface area contributed by atoms with Gasteiger partial charge in [-0.25, -0.2) is 8.78 Å². The first kappa shape index (κ1) is 24.5. The van der Waals surface area contributed by atoms with E-state index in [9.17, 15) is 28.3 Å². The summed E-state index contributed by atoms with van der Waals surface area (Å²) in [5, 5.41) is 11.6. The largest absolute Gasteiger partial charge is 0.450 e. The van der Waals surface area contributed by atoms with Crippen molar-refractivity contribution in [3.05, 3.63) is 23.6 Å². The first-order chi connectivity index (χ1) is 15.3. The zero-order valence-electron chi connectivity index (χ0n) is 19.4. The second-order valence-electron chi connectivity index (χ2n) is 10.6. The van der Waals surface area contributed by atoms with Crippen molar-refractivity contribution in [2.75, 3.05) is 6.67 Å². The molecule has 8 heteroatoms. The lowest BCUT2D eigenvalue weighted by Crippen LogP contribution is -2.69. The predicted octanol–water partition coefficient (Wildman–Crippen LogP) is 4.40. The fraction of sp³-hybridized carbons (Fsp3) is 0.720. The predicted molar refractivity (Wildman–Crippen MR) is 118 cm³/mol. The Bertz CT molecular complexity index is 978. The fourth-order valence-electron chi connectivity index (χ4n) is 7.83. The highest BCUT2D eigenvalue weighted by Crippen LogP contribution is 2.72. The second-order valence-corrected chi connectivity index (χ2v) is 11.2. The topological polar surface area (TPSA) is 80.7 Å². The van der Waals surface area contributed by atoms with Gasteiger partial charge in [0.05, 0.1) is 11.0 Å². The number of aliphatic hydroxyl groups excluding tert-OH is 1. The zero-order valence-corrected chi connectivity index (χ0v) is 20.2. The minimum absolute atomic E-state index is 0.0168. The summed E-state index contributed by atoms with van der Waals surface area (Å²) in [5.41, 5.74) is -3.57. The Morgan fingerprint density at radius 3 is 2.58 bits per heavy atom. The number of aliphatic hydroxyl groups is 1. The highest BCUT2D eigenvalue weighted by molar-refractivity contribution is 6.26. The van der Waals surface area contributed by atoms with Gasteiger partial charge in [-0.05, 0) is 49.2 Å². The number of carbonyl (C=O) groups is 3. The van der Waals surface area contributed by atoms with Gasteiger partial charge < -0.3 is 9.84 Å². The molecule has 4 rings (SSSR count). The van der Waals surface area contributed by atoms with Gasteiger partial charge in [0.25, 0.3) is 0 Å². The summed E-state index contributed by atoms with van der Waals surface area (Å²) in [4.78, 5) is 36.2. The Balaban J connectivity index is 1.87. The fourth-order valence-corrected chi connectivity index (χ4v) is 8.34. The molecule has 33 heavy (non-hydrogen) atoms. The van der Waals surface area contributed by atoms with Gasteiger partial charge in [-0.2, -0.15) is 0 Å². The van der Waals surface area contributed by atoms with Crippen LogP contribution in [0.1, 0.15) is 59.8 Å². The maximum Gasteiger partial charge on any atom is 0.306 e. The average Bonchev–Trinajstić information content (AvgIpc) is 2.99. The van der Waals surface area contributed by atoms with E-state index in [1.54, 1.807) is 33.8 Å². The summed E-state index contributed by atoms with van der Waals surface area (Å²) in [6.07, 6.45) is 2.69. The van der Waals surface area contributed by atoms with Crippen LogP contribution in [0.4, 0.5) is 8.78 Å². The number of ketones is 2. The van der Waals surface area contributed by atoms with E-state index in [2.05, 4.69) is 0 Å². The number of rotatable bonds is 4. The molecule has 0 bridgehead atoms. The highest BCUT2D eigenvalue weighted by Gasteiger charge is 2.76. The van der Waals surface area contributed by atoms with Crippen molar-refractivity contribution in [2.24, 2.45) is 28.6 Å². The smallest absolute Gasteiger partial charge is 0.306 e. The average molecular weight is 485 g/mol. The van der Waals surface area contributed by atoms with E-state index < -0.39 is 63.4 Å². The second kappa shape index (κ2) is 7.70. The molecule has 0 spiro atoms. The number of fused-ring (bicyclic) bond motifs is 5. The number of alkyl halides is 2. The number of Topliss-reactive ketones (excluding diaryl/α,β-unsaturated/α-hetero) is 1. The van der Waals surface area contributed by atoms with Crippen LogP contribution in [-0.2, 0) is 19.1 Å². The molecule has 182 valence electrons. The third-order valence-electron chi connectivity index (χ3n) is 9.37. The van der Waals surface area contributed by atoms with Crippen LogP contribution in [0.3, 0.4) is 0 Å². The zero-order chi connectivity index (χ0) is 24.6. The molecule has 0 aliphatic heterocycles. The molecule has 4 aliphatic rings. The van der Waals surface area contributed by atoms with Crippen LogP contribution in [-0.4, -0.2) is 45.9 Å². The number of carbonyl (C=O) groups excluding carboxylic acids is 3. The Labute approximate surface area is 197 Å². The van der Waals surface area contributed by atoms with Gasteiger partial charge in [0, 0.05) is 23.2 Å². The van der Waals surface area contributed by atoms with Gasteiger partial charge in [-0.1, -0.05) is 33.8 Å². The molecule has 0 heterocycles. The summed E-state index contributed by atoms with van der Waals surface area (Å²) in [7, 11) is 0. The van der Waals surface area contributed by atoms with Gasteiger partial charge >= 0.3 is 5.97 Å².